The summed E-state index contributed by atoms with van der Waals surface area (Å²) in [5.74, 6) is -5.43. The summed E-state index contributed by atoms with van der Waals surface area (Å²) in [5.41, 5.74) is -0.567. The molecule has 2 amide bonds. The molecule has 0 aromatic heterocycles. The minimum absolute atomic E-state index is 0.0168. The van der Waals surface area contributed by atoms with Crippen LogP contribution in [0, 0.1) is 23.4 Å². The molecule has 2 N–H and O–H groups in total. The number of carbonyl (C=O) groups is 2. The lowest BCUT2D eigenvalue weighted by Crippen LogP contribution is -2.38. The molecule has 1 aliphatic carbocycles. The van der Waals surface area contributed by atoms with Gasteiger partial charge in [-0.3, -0.25) is 9.59 Å². The number of hydrogen-bond acceptors (Lipinski definition) is 2. The van der Waals surface area contributed by atoms with E-state index < -0.39 is 28.9 Å². The summed E-state index contributed by atoms with van der Waals surface area (Å²) in [5, 5.41) is 5.07. The van der Waals surface area contributed by atoms with E-state index in [1.807, 2.05) is 0 Å². The number of benzene rings is 1. The molecule has 0 spiro atoms. The van der Waals surface area contributed by atoms with E-state index in [9.17, 15) is 22.8 Å². The largest absolute Gasteiger partial charge is 0.354 e. The maximum atomic E-state index is 13.4. The molecule has 1 saturated carbocycles. The molecule has 7 heteroatoms. The Hall–Kier alpha value is -2.05. The van der Waals surface area contributed by atoms with Crippen LogP contribution in [0.4, 0.5) is 13.2 Å². The summed E-state index contributed by atoms with van der Waals surface area (Å²) in [6, 6.07) is 1.57. The molecule has 1 aromatic carbocycles. The Morgan fingerprint density at radius 2 is 1.61 bits per heavy atom. The number of carbonyl (C=O) groups excluding carboxylic acids is 2. The fraction of sp³-hybridized carbons (Fsp3) is 0.500. The molecule has 0 atom stereocenters. The maximum absolute atomic E-state index is 13.4. The van der Waals surface area contributed by atoms with Gasteiger partial charge in [0, 0.05) is 19.0 Å². The molecule has 2 rings (SSSR count). The van der Waals surface area contributed by atoms with E-state index in [0.717, 1.165) is 38.2 Å². The molecule has 0 bridgehead atoms. The second-order valence-electron chi connectivity index (χ2n) is 5.60. The number of amides is 2. The highest BCUT2D eigenvalue weighted by atomic mass is 19.2. The van der Waals surface area contributed by atoms with Crippen LogP contribution in [0.15, 0.2) is 12.1 Å². The summed E-state index contributed by atoms with van der Waals surface area (Å²) >= 11 is 0. The highest BCUT2D eigenvalue weighted by molar-refractivity contribution is 5.94. The van der Waals surface area contributed by atoms with Crippen LogP contribution in [0.2, 0.25) is 0 Å². The molecule has 0 radical (unpaired) electrons. The maximum Gasteiger partial charge on any atom is 0.254 e. The van der Waals surface area contributed by atoms with Gasteiger partial charge in [-0.2, -0.15) is 0 Å². The summed E-state index contributed by atoms with van der Waals surface area (Å²) in [4.78, 5) is 23.6. The zero-order valence-electron chi connectivity index (χ0n) is 12.6. The Morgan fingerprint density at radius 3 is 2.30 bits per heavy atom. The highest BCUT2D eigenvalue weighted by Gasteiger charge is 2.21. The van der Waals surface area contributed by atoms with Crippen LogP contribution in [-0.4, -0.2) is 24.9 Å². The van der Waals surface area contributed by atoms with Crippen molar-refractivity contribution in [3.63, 3.8) is 0 Å². The molecule has 0 saturated heterocycles. The molecule has 126 valence electrons. The van der Waals surface area contributed by atoms with Gasteiger partial charge in [-0.1, -0.05) is 19.3 Å². The lowest BCUT2D eigenvalue weighted by molar-refractivity contribution is -0.125. The number of hydrogen-bond donors (Lipinski definition) is 2. The van der Waals surface area contributed by atoms with Crippen molar-refractivity contribution in [2.75, 3.05) is 13.1 Å². The predicted molar refractivity (Wildman–Crippen MR) is 78.2 cm³/mol. The summed E-state index contributed by atoms with van der Waals surface area (Å²) in [6.45, 7) is 0.280. The van der Waals surface area contributed by atoms with Crippen LogP contribution in [0.3, 0.4) is 0 Å². The van der Waals surface area contributed by atoms with Gasteiger partial charge in [0.2, 0.25) is 5.91 Å². The third-order valence-corrected chi connectivity index (χ3v) is 3.97. The van der Waals surface area contributed by atoms with E-state index in [0.29, 0.717) is 6.07 Å². The fourth-order valence-electron chi connectivity index (χ4n) is 2.67. The van der Waals surface area contributed by atoms with E-state index in [-0.39, 0.29) is 24.9 Å². The quantitative estimate of drug-likeness (QED) is 0.645. The normalized spacial score (nSPS) is 15.3. The molecule has 23 heavy (non-hydrogen) atoms. The van der Waals surface area contributed by atoms with Crippen molar-refractivity contribution in [3.05, 3.63) is 35.1 Å². The van der Waals surface area contributed by atoms with Crippen molar-refractivity contribution < 1.29 is 22.8 Å². The van der Waals surface area contributed by atoms with E-state index in [4.69, 9.17) is 0 Å². The summed E-state index contributed by atoms with van der Waals surface area (Å²) in [6.07, 6.45) is 4.99. The lowest BCUT2D eigenvalue weighted by Gasteiger charge is -2.20. The van der Waals surface area contributed by atoms with E-state index >= 15 is 0 Å². The zero-order chi connectivity index (χ0) is 16.8. The van der Waals surface area contributed by atoms with Gasteiger partial charge in [0.1, 0.15) is 0 Å². The van der Waals surface area contributed by atoms with Crippen molar-refractivity contribution in [3.8, 4) is 0 Å². The van der Waals surface area contributed by atoms with Crippen LogP contribution < -0.4 is 10.6 Å². The smallest absolute Gasteiger partial charge is 0.254 e. The molecule has 0 aliphatic heterocycles. The Bertz CT molecular complexity index is 587. The number of halogens is 3. The van der Waals surface area contributed by atoms with Gasteiger partial charge in [-0.25, -0.2) is 13.2 Å². The Balaban J connectivity index is 1.77. The van der Waals surface area contributed by atoms with Crippen LogP contribution in [0.5, 0.6) is 0 Å². The van der Waals surface area contributed by atoms with Gasteiger partial charge in [-0.15, -0.1) is 0 Å². The molecule has 1 fully saturated rings. The minimum atomic E-state index is -1.68. The molecule has 0 heterocycles. The first-order chi connectivity index (χ1) is 11.0. The van der Waals surface area contributed by atoms with E-state index in [1.54, 1.807) is 0 Å². The fourth-order valence-corrected chi connectivity index (χ4v) is 2.67. The second-order valence-corrected chi connectivity index (χ2v) is 5.60. The van der Waals surface area contributed by atoms with Crippen molar-refractivity contribution in [2.45, 2.75) is 32.1 Å². The van der Waals surface area contributed by atoms with Crippen molar-refractivity contribution in [1.29, 1.82) is 0 Å². The highest BCUT2D eigenvalue weighted by Crippen LogP contribution is 2.23. The van der Waals surface area contributed by atoms with Crippen LogP contribution >= 0.6 is 0 Å². The summed E-state index contributed by atoms with van der Waals surface area (Å²) < 4.78 is 39.3. The van der Waals surface area contributed by atoms with Crippen molar-refractivity contribution >= 4 is 11.8 Å². The molecule has 4 nitrogen and oxygen atoms in total. The Labute approximate surface area is 132 Å². The van der Waals surface area contributed by atoms with Gasteiger partial charge in [0.25, 0.3) is 5.91 Å². The third kappa shape index (κ3) is 4.46. The average molecular weight is 328 g/mol. The zero-order valence-corrected chi connectivity index (χ0v) is 12.6. The van der Waals surface area contributed by atoms with Gasteiger partial charge < -0.3 is 10.6 Å². The number of nitrogens with one attached hydrogen (secondary N) is 2. The summed E-state index contributed by atoms with van der Waals surface area (Å²) in [7, 11) is 0. The van der Waals surface area contributed by atoms with E-state index in [2.05, 4.69) is 10.6 Å². The minimum Gasteiger partial charge on any atom is -0.354 e. The first kappa shape index (κ1) is 17.3. The van der Waals surface area contributed by atoms with Crippen molar-refractivity contribution in [1.82, 2.24) is 10.6 Å². The molecule has 1 aliphatic rings. The van der Waals surface area contributed by atoms with Crippen LogP contribution in [-0.2, 0) is 4.79 Å². The first-order valence-corrected chi connectivity index (χ1v) is 7.70. The van der Waals surface area contributed by atoms with E-state index in [1.165, 1.54) is 0 Å². The third-order valence-electron chi connectivity index (χ3n) is 3.97. The van der Waals surface area contributed by atoms with Gasteiger partial charge >= 0.3 is 0 Å². The Kier molecular flexibility index (Phi) is 6.01. The Morgan fingerprint density at radius 1 is 0.957 bits per heavy atom. The average Bonchev–Trinajstić information content (AvgIpc) is 2.57. The van der Waals surface area contributed by atoms with Gasteiger partial charge in [0.15, 0.2) is 17.5 Å². The SMILES string of the molecule is O=C(NCCNC(=O)C1CCCCC1)c1ccc(F)c(F)c1F. The topological polar surface area (TPSA) is 58.2 Å². The second kappa shape index (κ2) is 7.99. The first-order valence-electron chi connectivity index (χ1n) is 7.70. The number of rotatable bonds is 5. The molecule has 0 unspecified atom stereocenters. The van der Waals surface area contributed by atoms with Crippen LogP contribution in [0.25, 0.3) is 0 Å². The van der Waals surface area contributed by atoms with Crippen molar-refractivity contribution in [2.24, 2.45) is 5.92 Å². The van der Waals surface area contributed by atoms with Crippen LogP contribution in [0.1, 0.15) is 42.5 Å². The lowest BCUT2D eigenvalue weighted by atomic mass is 9.89. The van der Waals surface area contributed by atoms with Gasteiger partial charge in [0.05, 0.1) is 5.56 Å². The standard InChI is InChI=1S/C16H19F3N2O2/c17-12-7-6-11(13(18)14(12)19)16(23)21-9-8-20-15(22)10-4-2-1-3-5-10/h6-7,10H,1-5,8-9H2,(H,20,22)(H,21,23). The molecule has 1 aromatic rings. The monoisotopic (exact) mass is 328 g/mol. The molecular formula is C16H19F3N2O2. The van der Waals surface area contributed by atoms with Gasteiger partial charge in [-0.05, 0) is 25.0 Å². The predicted octanol–water partition coefficient (Wildman–Crippen LogP) is 2.53. The molecular weight excluding hydrogens is 309 g/mol.